The van der Waals surface area contributed by atoms with E-state index in [9.17, 15) is 4.79 Å². The molecule has 0 bridgehead atoms. The van der Waals surface area contributed by atoms with Crippen molar-refractivity contribution in [2.24, 2.45) is 0 Å². The highest BCUT2D eigenvalue weighted by Gasteiger charge is 2.26. The van der Waals surface area contributed by atoms with E-state index in [4.69, 9.17) is 124 Å². The molecule has 0 amide bonds. The first-order valence-corrected chi connectivity index (χ1v) is 28.6. The van der Waals surface area contributed by atoms with Gasteiger partial charge in [0.2, 0.25) is 0 Å². The summed E-state index contributed by atoms with van der Waals surface area (Å²) in [5.74, 6) is -0.558. The maximum absolute atomic E-state index is 12.5. The fourth-order valence-electron chi connectivity index (χ4n) is 5.37. The minimum atomic E-state index is -3.27. The van der Waals surface area contributed by atoms with E-state index >= 15 is 0 Å². The molecule has 0 radical (unpaired) electrons. The fraction of sp³-hybridized carbons (Fsp3) is 0.894. The number of hydrogen-bond donors (Lipinski definition) is 4. The third kappa shape index (κ3) is 49.2. The molecule has 0 aromatic carbocycles. The van der Waals surface area contributed by atoms with E-state index in [0.717, 1.165) is 0 Å². The second-order valence-corrected chi connectivity index (χ2v) is 20.3. The molecule has 4 N–H and O–H groups in total. The summed E-state index contributed by atoms with van der Waals surface area (Å²) >= 11 is 0. The van der Waals surface area contributed by atoms with Gasteiger partial charge in [0.05, 0.1) is 236 Å². The number of aliphatic hydroxyl groups is 4. The number of rotatable bonds is 59. The Kier molecular flexibility index (Phi) is 51.2. The molecule has 0 saturated heterocycles. The van der Waals surface area contributed by atoms with Gasteiger partial charge in [-0.05, 0) is 33.4 Å². The molecule has 0 aliphatic heterocycles. The summed E-state index contributed by atoms with van der Waals surface area (Å²) in [5.41, 5.74) is -0.712. The minimum Gasteiger partial charge on any atom is -0.458 e. The van der Waals surface area contributed by atoms with Crippen molar-refractivity contribution in [1.82, 2.24) is 0 Å². The highest BCUT2D eigenvalue weighted by Crippen LogP contribution is 2.51. The number of aliphatic hydroxyl groups excluding tert-OH is 4. The van der Waals surface area contributed by atoms with Gasteiger partial charge in [-0.1, -0.05) is 0 Å². The molecule has 448 valence electrons. The van der Waals surface area contributed by atoms with Gasteiger partial charge in [-0.25, -0.2) is 4.79 Å². The summed E-state index contributed by atoms with van der Waals surface area (Å²) in [6, 6.07) is 4.02. The van der Waals surface area contributed by atoms with Crippen LogP contribution >= 0.6 is 15.1 Å². The third-order valence-electron chi connectivity index (χ3n) is 8.51. The Bertz CT molecular complexity index is 1380. The van der Waals surface area contributed by atoms with Gasteiger partial charge in [-0.3, -0.25) is 0 Å². The van der Waals surface area contributed by atoms with Crippen molar-refractivity contribution < 1.29 is 119 Å². The smallest absolute Gasteiger partial charge is 0.332 e. The lowest BCUT2D eigenvalue weighted by Crippen LogP contribution is -2.32. The van der Waals surface area contributed by atoms with Crippen LogP contribution in [0.4, 0.5) is 0 Å². The maximum Gasteiger partial charge on any atom is 0.332 e. The Morgan fingerprint density at radius 2 is 0.684 bits per heavy atom. The van der Waals surface area contributed by atoms with Gasteiger partial charge in [-0.2, -0.15) is 10.5 Å². The van der Waals surface area contributed by atoms with Gasteiger partial charge in [0.25, 0.3) is 15.1 Å². The largest absolute Gasteiger partial charge is 0.458 e. The average molecular weight is 1150 g/mol. The molecular formula is C47H90N2O25P2. The number of ether oxygens (including phenoxy) is 14. The molecule has 2 atom stereocenters. The quantitative estimate of drug-likeness (QED) is 0.0374. The van der Waals surface area contributed by atoms with Crippen molar-refractivity contribution in [1.29, 1.82) is 10.5 Å². The highest BCUT2D eigenvalue weighted by atomic mass is 31.2. The van der Waals surface area contributed by atoms with Crippen LogP contribution in [-0.4, -0.2) is 281 Å². The van der Waals surface area contributed by atoms with E-state index in [0.29, 0.717) is 0 Å². The second-order valence-electron chi connectivity index (χ2n) is 16.4. The van der Waals surface area contributed by atoms with E-state index in [-0.39, 0.29) is 231 Å². The molecule has 0 aromatic rings. The second kappa shape index (κ2) is 52.5. The number of hydrogen-bond acceptors (Lipinski definition) is 27. The van der Waals surface area contributed by atoms with Gasteiger partial charge in [0, 0.05) is 0 Å². The van der Waals surface area contributed by atoms with Crippen LogP contribution < -0.4 is 0 Å². The molecule has 0 aliphatic rings. The summed E-state index contributed by atoms with van der Waals surface area (Å²) in [6.45, 7) is 8.34. The molecule has 0 spiro atoms. The zero-order valence-corrected chi connectivity index (χ0v) is 46.8. The minimum absolute atomic E-state index is 0.00681. The Morgan fingerprint density at radius 3 is 0.974 bits per heavy atom. The van der Waals surface area contributed by atoms with Crippen LogP contribution in [0, 0.1) is 22.7 Å². The highest BCUT2D eigenvalue weighted by molar-refractivity contribution is 7.59. The number of carbonyl (C=O) groups excluding carboxylic acids is 1. The van der Waals surface area contributed by atoms with Crippen LogP contribution in [0.2, 0.25) is 0 Å². The predicted octanol–water partition coefficient (Wildman–Crippen LogP) is 0.935. The van der Waals surface area contributed by atoms with Crippen molar-refractivity contribution in [3.05, 3.63) is 0 Å². The van der Waals surface area contributed by atoms with Gasteiger partial charge in [-0.15, -0.1) is 0 Å². The molecular weight excluding hydrogens is 1050 g/mol. The van der Waals surface area contributed by atoms with Crippen LogP contribution in [0.15, 0.2) is 0 Å². The first kappa shape index (κ1) is 74.1. The van der Waals surface area contributed by atoms with Crippen molar-refractivity contribution in [2.45, 2.75) is 57.5 Å². The number of esters is 1. The van der Waals surface area contributed by atoms with E-state index in [1.165, 1.54) is 0 Å². The van der Waals surface area contributed by atoms with Crippen LogP contribution in [0.1, 0.15) is 33.6 Å². The number of carbonyl (C=O) groups is 1. The molecule has 27 nitrogen and oxygen atoms in total. The van der Waals surface area contributed by atoms with E-state index in [2.05, 4.69) is 12.6 Å². The lowest BCUT2D eigenvalue weighted by Gasteiger charge is -2.28. The van der Waals surface area contributed by atoms with Crippen molar-refractivity contribution in [2.75, 3.05) is 218 Å². The molecule has 0 fully saturated rings. The van der Waals surface area contributed by atoms with Crippen molar-refractivity contribution in [3.8, 4) is 12.1 Å². The molecule has 0 heterocycles. The lowest BCUT2D eigenvalue weighted by molar-refractivity contribution is -0.165. The molecule has 76 heavy (non-hydrogen) atoms. The van der Waals surface area contributed by atoms with Crippen molar-refractivity contribution in [3.63, 3.8) is 0 Å². The standard InChI is InChI=1S/C47H90N2O25P2/c1-47(2,3)72-46(54)42-67-43(36-61-30-24-59-32-34-70-75(4,68-14-6-8-48)73-44(38-63-26-20-55-16-10-50)39-64-27-21-56-17-11-51)37-62-31-25-60-33-35-71-76(5,69-15-7-9-49)74-45(40-65-28-22-57-18-12-52)41-66-29-23-58-19-13-53/h43-45,50-53H,4-7,10-42H2,1-3H3. The summed E-state index contributed by atoms with van der Waals surface area (Å²) in [6.07, 6.45) is 6.24. The summed E-state index contributed by atoms with van der Waals surface area (Å²) in [4.78, 5) is 12.5. The van der Waals surface area contributed by atoms with Gasteiger partial charge in [0.1, 0.15) is 30.5 Å². The molecule has 29 heteroatoms. The lowest BCUT2D eigenvalue weighted by atomic mass is 10.2. The molecule has 0 rings (SSSR count). The van der Waals surface area contributed by atoms with E-state index in [1.807, 2.05) is 12.1 Å². The van der Waals surface area contributed by atoms with Crippen LogP contribution in [0.25, 0.3) is 0 Å². The topological polar surface area (TPSA) is 330 Å². The normalized spacial score (nSPS) is 13.9. The molecule has 0 aromatic heterocycles. The molecule has 0 saturated carbocycles. The Morgan fingerprint density at radius 1 is 0.421 bits per heavy atom. The predicted molar refractivity (Wildman–Crippen MR) is 276 cm³/mol. The first-order chi connectivity index (χ1) is 36.8. The maximum atomic E-state index is 12.5. The Hall–Kier alpha value is -1.87. The summed E-state index contributed by atoms with van der Waals surface area (Å²) in [5, 5.41) is 53.9. The monoisotopic (exact) mass is 1140 g/mol. The Balaban J connectivity index is 5.21. The first-order valence-electron chi connectivity index (χ1n) is 25.1. The number of nitrogens with zero attached hydrogens (tertiary/aromatic N) is 2. The summed E-state index contributed by atoms with van der Waals surface area (Å²) in [7, 11) is -6.54. The van der Waals surface area contributed by atoms with Crippen LogP contribution in [-0.2, 0) is 98.3 Å². The third-order valence-corrected chi connectivity index (χ3v) is 12.1. The average Bonchev–Trinajstić information content (AvgIpc) is 3.38. The van der Waals surface area contributed by atoms with Crippen molar-refractivity contribution >= 4 is 33.7 Å². The zero-order chi connectivity index (χ0) is 56.1. The van der Waals surface area contributed by atoms with Crippen LogP contribution in [0.5, 0.6) is 0 Å². The van der Waals surface area contributed by atoms with E-state index in [1.54, 1.807) is 20.8 Å². The van der Waals surface area contributed by atoms with Gasteiger partial charge >= 0.3 is 5.97 Å². The SMILES string of the molecule is C=P(OCCC#N)(OCCOCCOCC(COCCOCCOP(=C)(OCCC#N)OC(COCCOCCO)COCCOCCO)OCC(=O)OC(C)(C)C)OC(COCCOCCO)COCCOCCO. The zero-order valence-electron chi connectivity index (χ0n) is 45.0. The molecule has 0 aliphatic carbocycles. The number of nitriles is 2. The molecule has 2 unspecified atom stereocenters. The Labute approximate surface area is 449 Å². The van der Waals surface area contributed by atoms with Crippen LogP contribution in [0.3, 0.4) is 0 Å². The van der Waals surface area contributed by atoms with E-state index < -0.39 is 45.0 Å². The summed E-state index contributed by atoms with van der Waals surface area (Å²) < 4.78 is 114. The van der Waals surface area contributed by atoms with Gasteiger partial charge < -0.3 is 114 Å². The fourth-order valence-corrected chi connectivity index (χ4v) is 8.36. The van der Waals surface area contributed by atoms with Gasteiger partial charge in [0.15, 0.2) is 0 Å².